The van der Waals surface area contributed by atoms with Crippen LogP contribution < -0.4 is 25.6 Å². The predicted molar refractivity (Wildman–Crippen MR) is 242 cm³/mol. The molecule has 64 heavy (non-hydrogen) atoms. The fourth-order valence-corrected chi connectivity index (χ4v) is 7.27. The second kappa shape index (κ2) is 24.2. The van der Waals surface area contributed by atoms with E-state index < -0.39 is 24.0 Å². The van der Waals surface area contributed by atoms with Gasteiger partial charge in [-0.05, 0) is 77.0 Å². The Kier molecular flexibility index (Phi) is 19.2. The molecule has 0 bridgehead atoms. The topological polar surface area (TPSA) is 255 Å². The van der Waals surface area contributed by atoms with Crippen molar-refractivity contribution < 1.29 is 53.2 Å². The standard InChI is InChI=1S/C40H56N8O7S.C4H4O4/c1-8-47(9-2)15-14-41-38(52)35-25(3)33(43-26(35)4)22-31-30-21-27(10-12-32(30)44-37(31)51)20-28(49)11-13-34(50)55-29(23-42-40(5,6)7)24-54-39-36(45-56-46-39)48-16-18-53-19-17-48;5-3(6)1-2-4(7)8/h10,12,21-22,29,42-43H,8-9,11,13-20,23-24H2,1-7H3,(H,41,52)(H,44,51);1-2H,(H,5,6)(H,7,8)/b31-22-;2-1-/t29-;/m0./s1. The summed E-state index contributed by atoms with van der Waals surface area (Å²) in [6.45, 7) is 20.1. The number of aryl methyl sites for hydroxylation is 1. The number of fused-ring (bicyclic) bond motifs is 1. The third-order valence-electron chi connectivity index (χ3n) is 10.2. The largest absolute Gasteiger partial charge is 0.478 e. The SMILES string of the molecule is CCN(CC)CCNC(=O)c1c(C)[nH]c(/C=C2\C(=O)Nc3ccc(CC(=O)CCC(=O)O[C@@H](CNC(C)(C)C)COc4nsnc4N4CCOCC4)cc32)c1C.O=C(O)/C=C\C(=O)O. The molecule has 2 aliphatic heterocycles. The molecule has 4 heterocycles. The lowest BCUT2D eigenvalue weighted by Gasteiger charge is -2.27. The summed E-state index contributed by atoms with van der Waals surface area (Å²) in [6, 6.07) is 5.40. The number of nitrogens with one attached hydrogen (secondary N) is 4. The Morgan fingerprint density at radius 3 is 2.36 bits per heavy atom. The first-order valence-electron chi connectivity index (χ1n) is 21.1. The number of carboxylic acids is 2. The number of esters is 1. The molecule has 5 rings (SSSR count). The summed E-state index contributed by atoms with van der Waals surface area (Å²) in [5.41, 5.74) is 4.90. The summed E-state index contributed by atoms with van der Waals surface area (Å²) in [6.07, 6.45) is 2.23. The van der Waals surface area contributed by atoms with Gasteiger partial charge in [-0.2, -0.15) is 4.37 Å². The number of carbonyl (C=O) groups is 6. The monoisotopic (exact) mass is 908 g/mol. The van der Waals surface area contributed by atoms with Gasteiger partial charge in [0.2, 0.25) is 5.82 Å². The molecule has 2 aromatic heterocycles. The molecule has 19 nitrogen and oxygen atoms in total. The fourth-order valence-electron chi connectivity index (χ4n) is 6.75. The molecular formula is C44H60N8O11S. The van der Waals surface area contributed by atoms with Crippen molar-refractivity contribution in [2.45, 2.75) is 79.4 Å². The summed E-state index contributed by atoms with van der Waals surface area (Å²) in [4.78, 5) is 79.1. The van der Waals surface area contributed by atoms with E-state index >= 15 is 0 Å². The van der Waals surface area contributed by atoms with Crippen molar-refractivity contribution in [2.75, 3.05) is 75.9 Å². The highest BCUT2D eigenvalue weighted by Gasteiger charge is 2.27. The molecule has 0 saturated carbocycles. The van der Waals surface area contributed by atoms with Gasteiger partial charge in [-0.15, -0.1) is 4.37 Å². The number of H-pyrrole nitrogens is 1. The first-order valence-corrected chi connectivity index (χ1v) is 21.9. The summed E-state index contributed by atoms with van der Waals surface area (Å²) in [7, 11) is 0. The van der Waals surface area contributed by atoms with E-state index in [9.17, 15) is 28.8 Å². The first-order chi connectivity index (χ1) is 30.4. The molecule has 6 N–H and O–H groups in total. The maximum atomic E-state index is 13.1. The van der Waals surface area contributed by atoms with Crippen LogP contribution in [0.5, 0.6) is 5.88 Å². The average molecular weight is 909 g/mol. The maximum Gasteiger partial charge on any atom is 0.328 e. The Morgan fingerprint density at radius 1 is 1.03 bits per heavy atom. The summed E-state index contributed by atoms with van der Waals surface area (Å²) < 4.78 is 26.0. The number of benzene rings is 1. The molecule has 2 aliphatic rings. The number of rotatable bonds is 21. The van der Waals surface area contributed by atoms with Crippen molar-refractivity contribution in [1.29, 1.82) is 0 Å². The van der Waals surface area contributed by atoms with Crippen LogP contribution in [0, 0.1) is 13.8 Å². The lowest BCUT2D eigenvalue weighted by Crippen LogP contribution is -2.44. The number of amides is 2. The van der Waals surface area contributed by atoms with Crippen molar-refractivity contribution >= 4 is 70.4 Å². The lowest BCUT2D eigenvalue weighted by atomic mass is 9.98. The maximum absolute atomic E-state index is 13.1. The Balaban J connectivity index is 0.00000102. The smallest absolute Gasteiger partial charge is 0.328 e. The number of carbonyl (C=O) groups excluding carboxylic acids is 4. The first kappa shape index (κ1) is 50.7. The number of aromatic nitrogens is 3. The minimum absolute atomic E-state index is 0.00599. The van der Waals surface area contributed by atoms with Crippen molar-refractivity contribution in [3.63, 3.8) is 0 Å². The average Bonchev–Trinajstić information content (AvgIpc) is 3.93. The van der Waals surface area contributed by atoms with Crippen LogP contribution in [0.3, 0.4) is 0 Å². The minimum Gasteiger partial charge on any atom is -0.478 e. The lowest BCUT2D eigenvalue weighted by molar-refractivity contribution is -0.151. The number of aromatic amines is 1. The van der Waals surface area contributed by atoms with Crippen LogP contribution in [0.1, 0.15) is 85.9 Å². The molecule has 3 aromatic rings. The molecule has 0 radical (unpaired) electrons. The molecule has 0 unspecified atom stereocenters. The van der Waals surface area contributed by atoms with E-state index in [1.807, 2.05) is 40.7 Å². The summed E-state index contributed by atoms with van der Waals surface area (Å²) >= 11 is 1.06. The van der Waals surface area contributed by atoms with Crippen LogP contribution in [0.2, 0.25) is 0 Å². The van der Waals surface area contributed by atoms with Gasteiger partial charge in [0, 0.05) is 85.9 Å². The van der Waals surface area contributed by atoms with Crippen molar-refractivity contribution in [3.05, 3.63) is 64.0 Å². The molecule has 1 fully saturated rings. The highest BCUT2D eigenvalue weighted by molar-refractivity contribution is 6.99. The summed E-state index contributed by atoms with van der Waals surface area (Å²) in [5, 5.41) is 24.9. The number of hydrogen-bond acceptors (Lipinski definition) is 15. The molecule has 20 heteroatoms. The normalized spacial score (nSPS) is 14.8. The van der Waals surface area contributed by atoms with Gasteiger partial charge in [-0.1, -0.05) is 19.9 Å². The zero-order valence-corrected chi connectivity index (χ0v) is 38.3. The second-order valence-electron chi connectivity index (χ2n) is 16.1. The Labute approximate surface area is 376 Å². The molecule has 0 aliphatic carbocycles. The minimum atomic E-state index is -1.26. The van der Waals surface area contributed by atoms with Crippen LogP contribution in [0.25, 0.3) is 11.6 Å². The van der Waals surface area contributed by atoms with Crippen molar-refractivity contribution in [2.24, 2.45) is 0 Å². The molecule has 1 atom stereocenters. The molecule has 2 amide bonds. The highest BCUT2D eigenvalue weighted by atomic mass is 32.1. The van der Waals surface area contributed by atoms with Gasteiger partial charge in [0.05, 0.1) is 42.5 Å². The molecule has 0 spiro atoms. The predicted octanol–water partition coefficient (Wildman–Crippen LogP) is 3.87. The molecule has 1 aromatic carbocycles. The zero-order chi connectivity index (χ0) is 47.0. The quantitative estimate of drug-likeness (QED) is 0.0655. The van der Waals surface area contributed by atoms with Crippen LogP contribution in [-0.2, 0) is 39.9 Å². The van der Waals surface area contributed by atoms with Gasteiger partial charge in [0.1, 0.15) is 18.5 Å². The number of ether oxygens (including phenoxy) is 3. The van der Waals surface area contributed by atoms with E-state index in [1.54, 1.807) is 18.2 Å². The number of anilines is 2. The number of hydrogen-bond donors (Lipinski definition) is 6. The van der Waals surface area contributed by atoms with E-state index in [-0.39, 0.29) is 49.0 Å². The van der Waals surface area contributed by atoms with Gasteiger partial charge >= 0.3 is 17.9 Å². The van der Waals surface area contributed by atoms with Crippen LogP contribution >= 0.6 is 11.7 Å². The molecule has 348 valence electrons. The number of nitrogens with zero attached hydrogens (tertiary/aromatic N) is 4. The molecule has 1 saturated heterocycles. The Morgan fingerprint density at radius 2 is 1.72 bits per heavy atom. The summed E-state index contributed by atoms with van der Waals surface area (Å²) in [5.74, 6) is -2.55. The number of likely N-dealkylation sites (N-methyl/N-ethyl adjacent to an activating group) is 1. The third-order valence-corrected chi connectivity index (χ3v) is 10.7. The van der Waals surface area contributed by atoms with Crippen molar-refractivity contribution in [1.82, 2.24) is 29.3 Å². The van der Waals surface area contributed by atoms with Gasteiger partial charge in [-0.25, -0.2) is 9.59 Å². The Bertz CT molecular complexity index is 2170. The molecular weight excluding hydrogens is 849 g/mol. The van der Waals surface area contributed by atoms with E-state index in [0.717, 1.165) is 36.9 Å². The van der Waals surface area contributed by atoms with E-state index in [4.69, 9.17) is 24.4 Å². The Hall–Kier alpha value is -5.96. The van der Waals surface area contributed by atoms with E-state index in [0.29, 0.717) is 103 Å². The number of aliphatic carboxylic acids is 2. The third kappa shape index (κ3) is 15.7. The van der Waals surface area contributed by atoms with Crippen LogP contribution in [-0.4, -0.2) is 142 Å². The fraction of sp³-hybridized carbons (Fsp3) is 0.500. The van der Waals surface area contributed by atoms with Gasteiger partial charge in [0.15, 0.2) is 0 Å². The number of Topliss-reactive ketones (excluding diaryl/α,β-unsaturated/α-hetero) is 1. The van der Waals surface area contributed by atoms with Crippen LogP contribution in [0.4, 0.5) is 11.5 Å². The van der Waals surface area contributed by atoms with E-state index in [1.165, 1.54) is 0 Å². The number of carboxylic acid groups (broad SMARTS) is 2. The second-order valence-corrected chi connectivity index (χ2v) is 16.6. The van der Waals surface area contributed by atoms with Crippen LogP contribution in [0.15, 0.2) is 30.4 Å². The van der Waals surface area contributed by atoms with Crippen molar-refractivity contribution in [3.8, 4) is 5.88 Å². The number of ketones is 1. The highest BCUT2D eigenvalue weighted by Crippen LogP contribution is 2.35. The van der Waals surface area contributed by atoms with Gasteiger partial charge < -0.3 is 55.2 Å². The zero-order valence-electron chi connectivity index (χ0n) is 37.5. The number of morpholine rings is 1. The van der Waals surface area contributed by atoms with Gasteiger partial charge in [0.25, 0.3) is 17.7 Å². The van der Waals surface area contributed by atoms with Gasteiger partial charge in [-0.3, -0.25) is 19.2 Å². The van der Waals surface area contributed by atoms with E-state index in [2.05, 4.69) is 53.3 Å².